The van der Waals surface area contributed by atoms with Crippen molar-refractivity contribution in [2.75, 3.05) is 18.1 Å². The summed E-state index contributed by atoms with van der Waals surface area (Å²) in [4.78, 5) is 25.7. The van der Waals surface area contributed by atoms with Crippen LogP contribution in [0.1, 0.15) is 32.8 Å². The van der Waals surface area contributed by atoms with Crippen molar-refractivity contribution in [2.45, 2.75) is 50.4 Å². The van der Waals surface area contributed by atoms with Crippen LogP contribution in [0.5, 0.6) is 0 Å². The van der Waals surface area contributed by atoms with Crippen LogP contribution in [0, 0.1) is 5.82 Å². The van der Waals surface area contributed by atoms with Crippen LogP contribution in [0.4, 0.5) is 32.8 Å². The lowest BCUT2D eigenvalue weighted by atomic mass is 9.97. The molecule has 0 unspecified atom stereocenters. The second-order valence-corrected chi connectivity index (χ2v) is 11.4. The van der Waals surface area contributed by atoms with E-state index in [1.54, 1.807) is 75.4 Å². The maximum absolute atomic E-state index is 14.9. The number of hydrogen-bond acceptors (Lipinski definition) is 5. The Hall–Kier alpha value is -4.06. The van der Waals surface area contributed by atoms with Crippen LogP contribution < -0.4 is 10.6 Å². The Morgan fingerprint density at radius 2 is 1.64 bits per heavy atom. The van der Waals surface area contributed by atoms with Gasteiger partial charge in [0.2, 0.25) is 0 Å². The van der Waals surface area contributed by atoms with E-state index in [4.69, 9.17) is 4.74 Å². The summed E-state index contributed by atoms with van der Waals surface area (Å²) in [7, 11) is 0. The van der Waals surface area contributed by atoms with Crippen molar-refractivity contribution >= 4 is 35.3 Å². The molecular formula is C30H30F4N4O3S. The highest BCUT2D eigenvalue weighted by atomic mass is 32.2. The highest BCUT2D eigenvalue weighted by Crippen LogP contribution is 2.35. The number of rotatable bonds is 6. The largest absolute Gasteiger partial charge is 0.444 e. The Balaban J connectivity index is 1.62. The van der Waals surface area contributed by atoms with Gasteiger partial charge in [0.05, 0.1) is 12.2 Å². The van der Waals surface area contributed by atoms with E-state index < -0.39 is 41.9 Å². The standard InChI is InChI=1S/C30H30F4N4O3S/c1-29(2,3)41-28(40)35-17-18-5-7-19(8-6-18)23-11-9-20(22-12-10-21(42-4)16-24(22)31)15-25(23)36-27(39)38-14-13-26(37-38)30(32,33)34/h5-12,15-16H,13-14,17H2,1-4H3,(H,35,40)(H,36,39). The van der Waals surface area contributed by atoms with E-state index in [-0.39, 0.29) is 18.8 Å². The molecule has 0 saturated heterocycles. The fourth-order valence-electron chi connectivity index (χ4n) is 4.20. The molecule has 3 aromatic rings. The molecule has 0 bridgehead atoms. The molecule has 12 heteroatoms. The molecule has 0 aromatic heterocycles. The topological polar surface area (TPSA) is 83.0 Å². The van der Waals surface area contributed by atoms with Gasteiger partial charge in [-0.15, -0.1) is 11.8 Å². The smallest absolute Gasteiger partial charge is 0.431 e. The number of hydrogen-bond donors (Lipinski definition) is 2. The van der Waals surface area contributed by atoms with Gasteiger partial charge in [-0.1, -0.05) is 42.5 Å². The lowest BCUT2D eigenvalue weighted by Crippen LogP contribution is -2.32. The third-order valence-electron chi connectivity index (χ3n) is 6.21. The van der Waals surface area contributed by atoms with Gasteiger partial charge in [-0.25, -0.2) is 19.0 Å². The molecule has 1 aliphatic rings. The highest BCUT2D eigenvalue weighted by molar-refractivity contribution is 7.98. The number of halogens is 4. The minimum absolute atomic E-state index is 0.220. The zero-order valence-corrected chi connectivity index (χ0v) is 24.3. The number of carbonyl (C=O) groups excluding carboxylic acids is 2. The van der Waals surface area contributed by atoms with Crippen molar-refractivity contribution in [2.24, 2.45) is 5.10 Å². The summed E-state index contributed by atoms with van der Waals surface area (Å²) in [6, 6.07) is 16.1. The Morgan fingerprint density at radius 1 is 0.976 bits per heavy atom. The average molecular weight is 603 g/mol. The fraction of sp³-hybridized carbons (Fsp3) is 0.300. The summed E-state index contributed by atoms with van der Waals surface area (Å²) in [5.74, 6) is -0.451. The van der Waals surface area contributed by atoms with Crippen LogP contribution >= 0.6 is 11.8 Å². The SMILES string of the molecule is CSc1ccc(-c2ccc(-c3ccc(CNC(=O)OC(C)(C)C)cc3)c(NC(=O)N3CCC(C(F)(F)F)=N3)c2)c(F)c1. The molecule has 3 amide bonds. The molecule has 0 fully saturated rings. The van der Waals surface area contributed by atoms with Crippen LogP contribution in [-0.4, -0.2) is 47.4 Å². The molecule has 1 heterocycles. The van der Waals surface area contributed by atoms with E-state index in [0.717, 1.165) is 15.5 Å². The van der Waals surface area contributed by atoms with Crippen LogP contribution in [0.2, 0.25) is 0 Å². The zero-order valence-electron chi connectivity index (χ0n) is 23.4. The summed E-state index contributed by atoms with van der Waals surface area (Å²) in [5.41, 5.74) is 1.40. The molecule has 2 N–H and O–H groups in total. The number of anilines is 1. The van der Waals surface area contributed by atoms with Gasteiger partial charge in [0.25, 0.3) is 0 Å². The predicted octanol–water partition coefficient (Wildman–Crippen LogP) is 8.06. The number of alkyl carbamates (subject to hydrolysis) is 1. The van der Waals surface area contributed by atoms with E-state index in [9.17, 15) is 27.2 Å². The molecule has 0 aliphatic carbocycles. The number of hydrazone groups is 1. The van der Waals surface area contributed by atoms with E-state index in [1.165, 1.54) is 17.8 Å². The maximum Gasteiger partial charge on any atom is 0.431 e. The number of alkyl halides is 3. The zero-order chi connectivity index (χ0) is 30.7. The molecule has 7 nitrogen and oxygen atoms in total. The van der Waals surface area contributed by atoms with Crippen LogP contribution in [0.25, 0.3) is 22.3 Å². The van der Waals surface area contributed by atoms with Crippen molar-refractivity contribution in [3.8, 4) is 22.3 Å². The van der Waals surface area contributed by atoms with E-state index >= 15 is 0 Å². The quantitative estimate of drug-likeness (QED) is 0.221. The van der Waals surface area contributed by atoms with Gasteiger partial charge in [-0.2, -0.15) is 18.3 Å². The fourth-order valence-corrected chi connectivity index (χ4v) is 4.62. The van der Waals surface area contributed by atoms with Gasteiger partial charge in [0, 0.05) is 29.0 Å². The number of thioether (sulfide) groups is 1. The monoisotopic (exact) mass is 602 g/mol. The first-order valence-electron chi connectivity index (χ1n) is 13.0. The van der Waals surface area contributed by atoms with E-state index in [2.05, 4.69) is 15.7 Å². The Labute approximate surface area is 245 Å². The maximum atomic E-state index is 14.9. The molecule has 0 spiro atoms. The van der Waals surface area contributed by atoms with E-state index in [1.807, 2.05) is 6.26 Å². The Morgan fingerprint density at radius 3 is 2.24 bits per heavy atom. The van der Waals surface area contributed by atoms with Crippen molar-refractivity contribution in [1.82, 2.24) is 10.3 Å². The van der Waals surface area contributed by atoms with Gasteiger partial charge < -0.3 is 15.4 Å². The van der Waals surface area contributed by atoms with Gasteiger partial charge in [0.15, 0.2) is 0 Å². The molecule has 4 rings (SSSR count). The Kier molecular flexibility index (Phi) is 9.15. The number of ether oxygens (including phenoxy) is 1. The summed E-state index contributed by atoms with van der Waals surface area (Å²) in [5, 5.41) is 9.53. The number of benzene rings is 3. The van der Waals surface area contributed by atoms with Crippen LogP contribution in [0.15, 0.2) is 70.7 Å². The molecule has 0 radical (unpaired) electrons. The molecule has 3 aromatic carbocycles. The minimum atomic E-state index is -4.62. The molecule has 42 heavy (non-hydrogen) atoms. The minimum Gasteiger partial charge on any atom is -0.444 e. The predicted molar refractivity (Wildman–Crippen MR) is 156 cm³/mol. The van der Waals surface area contributed by atoms with Gasteiger partial charge in [-0.05, 0) is 61.9 Å². The number of carbonyl (C=O) groups is 2. The summed E-state index contributed by atoms with van der Waals surface area (Å²) in [6.45, 7) is 5.30. The number of nitrogens with one attached hydrogen (secondary N) is 2. The van der Waals surface area contributed by atoms with Crippen molar-refractivity contribution in [3.05, 3.63) is 72.0 Å². The van der Waals surface area contributed by atoms with E-state index in [0.29, 0.717) is 22.3 Å². The highest BCUT2D eigenvalue weighted by Gasteiger charge is 2.40. The molecule has 0 atom stereocenters. The molecular weight excluding hydrogens is 572 g/mol. The second-order valence-electron chi connectivity index (χ2n) is 10.5. The summed E-state index contributed by atoms with van der Waals surface area (Å²) < 4.78 is 59.5. The second kappa shape index (κ2) is 12.4. The van der Waals surface area contributed by atoms with Crippen LogP contribution in [-0.2, 0) is 11.3 Å². The number of nitrogens with zero attached hydrogens (tertiary/aromatic N) is 2. The molecule has 0 saturated carbocycles. The van der Waals surface area contributed by atoms with Crippen molar-refractivity contribution < 1.29 is 31.9 Å². The Bertz CT molecular complexity index is 1500. The van der Waals surface area contributed by atoms with Gasteiger partial charge in [-0.3, -0.25) is 0 Å². The van der Waals surface area contributed by atoms with Gasteiger partial charge in [0.1, 0.15) is 17.1 Å². The van der Waals surface area contributed by atoms with Gasteiger partial charge >= 0.3 is 18.3 Å². The lowest BCUT2D eigenvalue weighted by Gasteiger charge is -2.19. The molecule has 222 valence electrons. The normalized spacial score (nSPS) is 13.5. The third kappa shape index (κ3) is 7.81. The van der Waals surface area contributed by atoms with Crippen molar-refractivity contribution in [3.63, 3.8) is 0 Å². The van der Waals surface area contributed by atoms with Crippen LogP contribution in [0.3, 0.4) is 0 Å². The summed E-state index contributed by atoms with van der Waals surface area (Å²) >= 11 is 1.40. The lowest BCUT2D eigenvalue weighted by molar-refractivity contribution is -0.0600. The third-order valence-corrected chi connectivity index (χ3v) is 6.94. The first-order valence-corrected chi connectivity index (χ1v) is 14.2. The number of amides is 3. The van der Waals surface area contributed by atoms with Crippen molar-refractivity contribution in [1.29, 1.82) is 0 Å². The first-order chi connectivity index (χ1) is 19.7. The summed E-state index contributed by atoms with van der Waals surface area (Å²) in [6.07, 6.45) is -3.75. The number of urea groups is 1. The first kappa shape index (κ1) is 30.9. The average Bonchev–Trinajstić information content (AvgIpc) is 3.43. The molecule has 1 aliphatic heterocycles.